The molecule has 38 heavy (non-hydrogen) atoms. The molecule has 1 aliphatic heterocycles. The normalized spacial score (nSPS) is 16.4. The van der Waals surface area contributed by atoms with E-state index in [9.17, 15) is 9.59 Å². The van der Waals surface area contributed by atoms with Gasteiger partial charge in [0.15, 0.2) is 11.5 Å². The molecule has 0 fully saturated rings. The second kappa shape index (κ2) is 12.2. The summed E-state index contributed by atoms with van der Waals surface area (Å²) in [5.41, 5.74) is 3.19. The van der Waals surface area contributed by atoms with Gasteiger partial charge in [0.25, 0.3) is 0 Å². The lowest BCUT2D eigenvalue weighted by molar-refractivity contribution is -0.134. The maximum atomic E-state index is 14.0. The van der Waals surface area contributed by atoms with E-state index in [2.05, 4.69) is 0 Å². The summed E-state index contributed by atoms with van der Waals surface area (Å²) in [4.78, 5) is 30.5. The van der Waals surface area contributed by atoms with E-state index in [-0.39, 0.29) is 31.0 Å². The number of hydrogen-bond donors (Lipinski definition) is 0. The number of ether oxygens (including phenoxy) is 3. The predicted octanol–water partition coefficient (Wildman–Crippen LogP) is 6.42. The summed E-state index contributed by atoms with van der Waals surface area (Å²) < 4.78 is 16.6. The number of carbonyl (C=O) groups excluding carboxylic acids is 2. The fourth-order valence-electron chi connectivity index (χ4n) is 4.98. The van der Waals surface area contributed by atoms with Crippen molar-refractivity contribution in [3.63, 3.8) is 0 Å². The number of carbonyl (C=O) groups is 2. The first-order valence-corrected chi connectivity index (χ1v) is 13.0. The number of anilines is 1. The number of nitrogens with zero attached hydrogens (tertiary/aromatic N) is 2. The molecule has 0 aliphatic carbocycles. The Bertz CT molecular complexity index is 1280. The van der Waals surface area contributed by atoms with Gasteiger partial charge in [-0.25, -0.2) is 4.79 Å². The van der Waals surface area contributed by atoms with Crippen molar-refractivity contribution >= 4 is 29.3 Å². The van der Waals surface area contributed by atoms with E-state index in [1.807, 2.05) is 66.4 Å². The molecule has 0 N–H and O–H groups in total. The van der Waals surface area contributed by atoms with Crippen molar-refractivity contribution in [1.82, 2.24) is 4.90 Å². The smallest absolute Gasteiger partial charge is 0.414 e. The number of rotatable bonds is 8. The number of methoxy groups -OCH3 is 2. The van der Waals surface area contributed by atoms with E-state index in [4.69, 9.17) is 25.8 Å². The molecule has 2 atom stereocenters. The van der Waals surface area contributed by atoms with Crippen LogP contribution in [-0.4, -0.2) is 43.8 Å². The Morgan fingerprint density at radius 1 is 1.00 bits per heavy atom. The summed E-state index contributed by atoms with van der Waals surface area (Å²) in [6.07, 6.45) is 0.230. The molecule has 0 radical (unpaired) electrons. The summed E-state index contributed by atoms with van der Waals surface area (Å²) >= 11 is 6.42. The molecule has 2 amide bonds. The molecule has 4 rings (SSSR count). The van der Waals surface area contributed by atoms with E-state index in [0.29, 0.717) is 35.2 Å². The van der Waals surface area contributed by atoms with Crippen molar-refractivity contribution in [3.05, 3.63) is 88.4 Å². The lowest BCUT2D eigenvalue weighted by Gasteiger charge is -2.43. The second-order valence-electron chi connectivity index (χ2n) is 9.21. The maximum absolute atomic E-state index is 14.0. The second-order valence-corrected chi connectivity index (χ2v) is 9.62. The Morgan fingerprint density at radius 3 is 2.32 bits per heavy atom. The van der Waals surface area contributed by atoms with E-state index in [1.54, 1.807) is 38.2 Å². The highest BCUT2D eigenvalue weighted by Gasteiger charge is 2.40. The summed E-state index contributed by atoms with van der Waals surface area (Å²) in [7, 11) is 3.12. The third kappa shape index (κ3) is 5.73. The van der Waals surface area contributed by atoms with Gasteiger partial charge in [-0.05, 0) is 43.5 Å². The molecule has 3 aromatic rings. The highest BCUT2D eigenvalue weighted by atomic mass is 35.5. The number of fused-ring (bicyclic) bond motifs is 1. The molecule has 0 aromatic heterocycles. The van der Waals surface area contributed by atoms with Crippen LogP contribution in [0.5, 0.6) is 11.5 Å². The van der Waals surface area contributed by atoms with Gasteiger partial charge in [0.1, 0.15) is 0 Å². The minimum atomic E-state index is -0.441. The van der Waals surface area contributed by atoms with Gasteiger partial charge < -0.3 is 19.1 Å². The molecule has 1 heterocycles. The van der Waals surface area contributed by atoms with E-state index < -0.39 is 6.09 Å². The average molecular weight is 537 g/mol. The van der Waals surface area contributed by atoms with Gasteiger partial charge in [0.2, 0.25) is 5.91 Å². The van der Waals surface area contributed by atoms with Crippen molar-refractivity contribution < 1.29 is 23.8 Å². The molecule has 2 unspecified atom stereocenters. The number of hydrogen-bond acceptors (Lipinski definition) is 5. The zero-order valence-corrected chi connectivity index (χ0v) is 22.9. The highest BCUT2D eigenvalue weighted by Crippen LogP contribution is 2.46. The van der Waals surface area contributed by atoms with Crippen LogP contribution < -0.4 is 14.4 Å². The van der Waals surface area contributed by atoms with Crippen LogP contribution in [0.2, 0.25) is 5.02 Å². The third-order valence-electron chi connectivity index (χ3n) is 6.81. The van der Waals surface area contributed by atoms with Crippen LogP contribution in [0.1, 0.15) is 43.0 Å². The van der Waals surface area contributed by atoms with E-state index >= 15 is 0 Å². The van der Waals surface area contributed by atoms with Crippen molar-refractivity contribution in [2.75, 3.05) is 25.7 Å². The van der Waals surface area contributed by atoms with E-state index in [1.165, 1.54) is 0 Å². The van der Waals surface area contributed by atoms with Crippen LogP contribution in [0, 0.1) is 0 Å². The van der Waals surface area contributed by atoms with Crippen molar-refractivity contribution in [3.8, 4) is 11.5 Å². The minimum Gasteiger partial charge on any atom is -0.493 e. The van der Waals surface area contributed by atoms with Crippen LogP contribution in [0.25, 0.3) is 0 Å². The van der Waals surface area contributed by atoms with Gasteiger partial charge in [-0.1, -0.05) is 60.1 Å². The number of halogens is 1. The van der Waals surface area contributed by atoms with E-state index in [0.717, 1.165) is 16.7 Å². The molecule has 7 nitrogen and oxygen atoms in total. The number of amides is 2. The fourth-order valence-corrected chi connectivity index (χ4v) is 5.18. The average Bonchev–Trinajstić information content (AvgIpc) is 2.92. The standard InChI is InChI=1S/C30H33ClN2O5/c1-5-38-30(35)33-20(2)15-25(23-17-27(36-3)28(37-4)18-26(23)33)32(19-21-11-7-6-8-12-21)29(34)16-22-13-9-10-14-24(22)31/h6-14,17-18,20,25H,5,15-16,19H2,1-4H3. The zero-order chi connectivity index (χ0) is 27.2. The van der Waals surface area contributed by atoms with Gasteiger partial charge in [-0.3, -0.25) is 9.69 Å². The lowest BCUT2D eigenvalue weighted by Crippen LogP contribution is -2.48. The quantitative estimate of drug-likeness (QED) is 0.332. The van der Waals surface area contributed by atoms with Crippen LogP contribution in [0.4, 0.5) is 10.5 Å². The molecule has 0 bridgehead atoms. The molecule has 1 aliphatic rings. The molecular weight excluding hydrogens is 504 g/mol. The van der Waals surface area contributed by atoms with Crippen LogP contribution in [0.3, 0.4) is 0 Å². The maximum Gasteiger partial charge on any atom is 0.414 e. The van der Waals surface area contributed by atoms with Gasteiger partial charge in [0.05, 0.1) is 39.0 Å². The Labute approximate surface area is 228 Å². The summed E-state index contributed by atoms with van der Waals surface area (Å²) in [6, 6.07) is 20.3. The van der Waals surface area contributed by atoms with Crippen LogP contribution >= 0.6 is 11.6 Å². The Kier molecular flexibility index (Phi) is 8.79. The van der Waals surface area contributed by atoms with Crippen molar-refractivity contribution in [1.29, 1.82) is 0 Å². The molecule has 0 saturated carbocycles. The molecular formula is C30H33ClN2O5. The number of benzene rings is 3. The largest absolute Gasteiger partial charge is 0.493 e. The van der Waals surface area contributed by atoms with Crippen molar-refractivity contribution in [2.24, 2.45) is 0 Å². The Hall–Kier alpha value is -3.71. The third-order valence-corrected chi connectivity index (χ3v) is 7.18. The van der Waals surface area contributed by atoms with Gasteiger partial charge in [0, 0.05) is 29.2 Å². The summed E-state index contributed by atoms with van der Waals surface area (Å²) in [6.45, 7) is 4.39. The fraction of sp³-hybridized carbons (Fsp3) is 0.333. The van der Waals surface area contributed by atoms with Crippen molar-refractivity contribution in [2.45, 2.75) is 45.3 Å². The van der Waals surface area contributed by atoms with Gasteiger partial charge >= 0.3 is 6.09 Å². The summed E-state index contributed by atoms with van der Waals surface area (Å²) in [5.74, 6) is 0.947. The molecule has 3 aromatic carbocycles. The molecule has 0 saturated heterocycles. The summed E-state index contributed by atoms with van der Waals surface area (Å²) in [5, 5.41) is 0.554. The first-order chi connectivity index (χ1) is 18.4. The predicted molar refractivity (Wildman–Crippen MR) is 148 cm³/mol. The lowest BCUT2D eigenvalue weighted by atomic mass is 9.89. The van der Waals surface area contributed by atoms with Gasteiger partial charge in [-0.15, -0.1) is 0 Å². The molecule has 0 spiro atoms. The Morgan fingerprint density at radius 2 is 1.66 bits per heavy atom. The van der Waals surface area contributed by atoms with Crippen LogP contribution in [-0.2, 0) is 22.5 Å². The SMILES string of the molecule is CCOC(=O)N1c2cc(OC)c(OC)cc2C(N(Cc2ccccc2)C(=O)Cc2ccccc2Cl)CC1C. The Balaban J connectivity index is 1.83. The molecule has 200 valence electrons. The van der Waals surface area contributed by atoms with Crippen LogP contribution in [0.15, 0.2) is 66.7 Å². The van der Waals surface area contributed by atoms with Gasteiger partial charge in [-0.2, -0.15) is 0 Å². The first kappa shape index (κ1) is 27.3. The zero-order valence-electron chi connectivity index (χ0n) is 22.1. The first-order valence-electron chi connectivity index (χ1n) is 12.7. The highest BCUT2D eigenvalue weighted by molar-refractivity contribution is 6.31. The molecule has 8 heteroatoms. The monoisotopic (exact) mass is 536 g/mol. The topological polar surface area (TPSA) is 68.3 Å². The minimum absolute atomic E-state index is 0.0653.